The largest absolute Gasteiger partial charge is 0.486 e. The highest BCUT2D eigenvalue weighted by Gasteiger charge is 2.13. The molecule has 0 saturated heterocycles. The summed E-state index contributed by atoms with van der Waals surface area (Å²) in [7, 11) is 0. The first-order chi connectivity index (χ1) is 12.0. The van der Waals surface area contributed by atoms with Gasteiger partial charge in [0.25, 0.3) is 0 Å². The number of anilines is 1. The Kier molecular flexibility index (Phi) is 5.08. The van der Waals surface area contributed by atoms with Crippen LogP contribution in [0.1, 0.15) is 11.9 Å². The van der Waals surface area contributed by atoms with Gasteiger partial charge in [-0.25, -0.2) is 4.98 Å². The van der Waals surface area contributed by atoms with Gasteiger partial charge < -0.3 is 14.8 Å². The highest BCUT2D eigenvalue weighted by Crippen LogP contribution is 2.31. The first kappa shape index (κ1) is 17.1. The SMILES string of the molecule is CC(=O)Nc1ccc(OCc2nc3ccccc3s2)cc1OC(F)F. The molecule has 0 radical (unpaired) electrons. The number of fused-ring (bicyclic) bond motifs is 1. The number of alkyl halides is 2. The zero-order chi connectivity index (χ0) is 17.8. The molecule has 130 valence electrons. The van der Waals surface area contributed by atoms with Gasteiger partial charge in [-0.15, -0.1) is 11.3 Å². The van der Waals surface area contributed by atoms with Crippen LogP contribution in [-0.4, -0.2) is 17.5 Å². The van der Waals surface area contributed by atoms with Crippen molar-refractivity contribution < 1.29 is 23.0 Å². The fourth-order valence-corrected chi connectivity index (χ4v) is 3.09. The fourth-order valence-electron chi connectivity index (χ4n) is 2.21. The molecule has 0 aliphatic rings. The van der Waals surface area contributed by atoms with Crippen molar-refractivity contribution in [2.24, 2.45) is 0 Å². The van der Waals surface area contributed by atoms with Gasteiger partial charge in [0.2, 0.25) is 5.91 Å². The van der Waals surface area contributed by atoms with Crippen molar-refractivity contribution in [1.29, 1.82) is 0 Å². The lowest BCUT2D eigenvalue weighted by Gasteiger charge is -2.13. The molecule has 5 nitrogen and oxygen atoms in total. The van der Waals surface area contributed by atoms with E-state index in [0.29, 0.717) is 5.75 Å². The fraction of sp³-hybridized carbons (Fsp3) is 0.176. The minimum absolute atomic E-state index is 0.153. The van der Waals surface area contributed by atoms with E-state index in [2.05, 4.69) is 15.0 Å². The lowest BCUT2D eigenvalue weighted by molar-refractivity contribution is -0.114. The molecule has 0 spiro atoms. The van der Waals surface area contributed by atoms with Crippen molar-refractivity contribution in [2.45, 2.75) is 20.1 Å². The average Bonchev–Trinajstić information content (AvgIpc) is 2.97. The molecule has 0 unspecified atom stereocenters. The number of nitrogens with zero attached hydrogens (tertiary/aromatic N) is 1. The highest BCUT2D eigenvalue weighted by molar-refractivity contribution is 7.18. The van der Waals surface area contributed by atoms with E-state index in [4.69, 9.17) is 4.74 Å². The van der Waals surface area contributed by atoms with Gasteiger partial charge in [-0.3, -0.25) is 4.79 Å². The normalized spacial score (nSPS) is 10.9. The summed E-state index contributed by atoms with van der Waals surface area (Å²) < 4.78 is 36.2. The molecule has 8 heteroatoms. The highest BCUT2D eigenvalue weighted by atomic mass is 32.1. The lowest BCUT2D eigenvalue weighted by Crippen LogP contribution is -2.10. The number of benzene rings is 2. The predicted molar refractivity (Wildman–Crippen MR) is 91.3 cm³/mol. The predicted octanol–water partition coefficient (Wildman–Crippen LogP) is 4.44. The monoisotopic (exact) mass is 364 g/mol. The van der Waals surface area contributed by atoms with Crippen LogP contribution in [0.25, 0.3) is 10.2 Å². The van der Waals surface area contributed by atoms with Crippen LogP contribution in [0.3, 0.4) is 0 Å². The van der Waals surface area contributed by atoms with E-state index in [0.717, 1.165) is 15.2 Å². The maximum Gasteiger partial charge on any atom is 0.387 e. The van der Waals surface area contributed by atoms with E-state index in [-0.39, 0.29) is 24.0 Å². The van der Waals surface area contributed by atoms with E-state index in [1.807, 2.05) is 24.3 Å². The van der Waals surface area contributed by atoms with Crippen LogP contribution in [-0.2, 0) is 11.4 Å². The quantitative estimate of drug-likeness (QED) is 0.703. The smallest absolute Gasteiger partial charge is 0.387 e. The van der Waals surface area contributed by atoms with Crippen LogP contribution in [0.4, 0.5) is 14.5 Å². The van der Waals surface area contributed by atoms with E-state index < -0.39 is 6.61 Å². The summed E-state index contributed by atoms with van der Waals surface area (Å²) in [6, 6.07) is 12.0. The summed E-state index contributed by atoms with van der Waals surface area (Å²) in [5.74, 6) is -0.210. The number of amides is 1. The lowest BCUT2D eigenvalue weighted by atomic mass is 10.2. The summed E-state index contributed by atoms with van der Waals surface area (Å²) in [6.45, 7) is -1.52. The molecular weight excluding hydrogens is 350 g/mol. The third-order valence-corrected chi connectivity index (χ3v) is 4.19. The topological polar surface area (TPSA) is 60.5 Å². The molecule has 1 aromatic heterocycles. The average molecular weight is 364 g/mol. The minimum atomic E-state index is -3.01. The van der Waals surface area contributed by atoms with Gasteiger partial charge in [-0.1, -0.05) is 12.1 Å². The summed E-state index contributed by atoms with van der Waals surface area (Å²) in [5.41, 5.74) is 1.04. The number of rotatable bonds is 6. The maximum absolute atomic E-state index is 12.6. The van der Waals surface area contributed by atoms with Gasteiger partial charge in [-0.05, 0) is 24.3 Å². The van der Waals surface area contributed by atoms with Crippen molar-refractivity contribution in [2.75, 3.05) is 5.32 Å². The Labute approximate surface area is 146 Å². The second kappa shape index (κ2) is 7.43. The van der Waals surface area contributed by atoms with Gasteiger partial charge in [0.1, 0.15) is 17.4 Å². The number of carbonyl (C=O) groups excluding carboxylic acids is 1. The third-order valence-electron chi connectivity index (χ3n) is 3.18. The molecule has 0 aliphatic carbocycles. The number of hydrogen-bond donors (Lipinski definition) is 1. The Hall–Kier alpha value is -2.74. The summed E-state index contributed by atoms with van der Waals surface area (Å²) in [6.07, 6.45) is 0. The Balaban J connectivity index is 1.76. The molecule has 25 heavy (non-hydrogen) atoms. The van der Waals surface area contributed by atoms with Crippen LogP contribution in [0.15, 0.2) is 42.5 Å². The zero-order valence-corrected chi connectivity index (χ0v) is 14.0. The third kappa shape index (κ3) is 4.42. The van der Waals surface area contributed by atoms with Gasteiger partial charge >= 0.3 is 6.61 Å². The standard InChI is InChI=1S/C17H14F2N2O3S/c1-10(22)20-12-7-6-11(8-14(12)24-17(18)19)23-9-16-21-13-4-2-3-5-15(13)25-16/h2-8,17H,9H2,1H3,(H,20,22). The number of halogens is 2. The zero-order valence-electron chi connectivity index (χ0n) is 13.2. The van der Waals surface area contributed by atoms with Crippen LogP contribution < -0.4 is 14.8 Å². The number of aromatic nitrogens is 1. The Morgan fingerprint density at radius 3 is 2.80 bits per heavy atom. The first-order valence-electron chi connectivity index (χ1n) is 7.35. The van der Waals surface area contributed by atoms with Gasteiger partial charge in [-0.2, -0.15) is 8.78 Å². The number of carbonyl (C=O) groups is 1. The van der Waals surface area contributed by atoms with Crippen molar-refractivity contribution >= 4 is 33.1 Å². The molecule has 1 N–H and O–H groups in total. The Morgan fingerprint density at radius 1 is 1.28 bits per heavy atom. The van der Waals surface area contributed by atoms with Crippen molar-refractivity contribution in [3.05, 3.63) is 47.5 Å². The first-order valence-corrected chi connectivity index (χ1v) is 8.16. The second-order valence-electron chi connectivity index (χ2n) is 5.08. The maximum atomic E-state index is 12.6. The molecular formula is C17H14F2N2O3S. The van der Waals surface area contributed by atoms with Crippen molar-refractivity contribution in [3.63, 3.8) is 0 Å². The number of hydrogen-bond acceptors (Lipinski definition) is 5. The molecule has 0 aliphatic heterocycles. The Morgan fingerprint density at radius 2 is 2.08 bits per heavy atom. The van der Waals surface area contributed by atoms with Crippen molar-refractivity contribution in [3.8, 4) is 11.5 Å². The molecule has 0 bridgehead atoms. The summed E-state index contributed by atoms with van der Waals surface area (Å²) >= 11 is 1.50. The molecule has 0 fully saturated rings. The molecule has 0 atom stereocenters. The van der Waals surface area contributed by atoms with E-state index in [1.165, 1.54) is 30.4 Å². The Bertz CT molecular complexity index is 865. The second-order valence-corrected chi connectivity index (χ2v) is 6.20. The van der Waals surface area contributed by atoms with Gasteiger partial charge in [0, 0.05) is 13.0 Å². The van der Waals surface area contributed by atoms with Gasteiger partial charge in [0.15, 0.2) is 5.75 Å². The molecule has 1 heterocycles. The van der Waals surface area contributed by atoms with E-state index in [9.17, 15) is 13.6 Å². The molecule has 0 saturated carbocycles. The van der Waals surface area contributed by atoms with E-state index >= 15 is 0 Å². The molecule has 1 amide bonds. The number of ether oxygens (including phenoxy) is 2. The number of para-hydroxylation sites is 1. The molecule has 3 aromatic rings. The van der Waals surface area contributed by atoms with Crippen LogP contribution in [0.2, 0.25) is 0 Å². The van der Waals surface area contributed by atoms with Crippen molar-refractivity contribution in [1.82, 2.24) is 4.98 Å². The van der Waals surface area contributed by atoms with Crippen LogP contribution in [0, 0.1) is 0 Å². The van der Waals surface area contributed by atoms with Crippen LogP contribution >= 0.6 is 11.3 Å². The summed E-state index contributed by atoms with van der Waals surface area (Å²) in [5, 5.41) is 3.20. The molecule has 3 rings (SSSR count). The van der Waals surface area contributed by atoms with Crippen LogP contribution in [0.5, 0.6) is 11.5 Å². The van der Waals surface area contributed by atoms with Gasteiger partial charge in [0.05, 0.1) is 15.9 Å². The minimum Gasteiger partial charge on any atom is -0.486 e. The van der Waals surface area contributed by atoms with E-state index in [1.54, 1.807) is 6.07 Å². The molecule has 2 aromatic carbocycles. The number of nitrogens with one attached hydrogen (secondary N) is 1. The summed E-state index contributed by atoms with van der Waals surface area (Å²) in [4.78, 5) is 15.6. The number of thiazole rings is 1.